The van der Waals surface area contributed by atoms with E-state index in [0.717, 1.165) is 23.5 Å². The van der Waals surface area contributed by atoms with Gasteiger partial charge >= 0.3 is 6.03 Å². The summed E-state index contributed by atoms with van der Waals surface area (Å²) >= 11 is 1.67. The average molecular weight is 327 g/mol. The zero-order valence-electron chi connectivity index (χ0n) is 14.3. The van der Waals surface area contributed by atoms with Crippen LogP contribution in [0.4, 0.5) is 4.79 Å². The molecule has 0 aliphatic rings. The van der Waals surface area contributed by atoms with Gasteiger partial charge in [0.2, 0.25) is 0 Å². The van der Waals surface area contributed by atoms with Crippen LogP contribution < -0.4 is 10.6 Å². The van der Waals surface area contributed by atoms with Crippen molar-refractivity contribution in [3.05, 3.63) is 16.1 Å². The minimum Gasteiger partial charge on any atom is -0.396 e. The Kier molecular flexibility index (Phi) is 6.81. The summed E-state index contributed by atoms with van der Waals surface area (Å²) in [5.41, 5.74) is 0.726. The molecule has 0 radical (unpaired) electrons. The quantitative estimate of drug-likeness (QED) is 0.721. The Hall–Kier alpha value is -1.14. The number of carbonyl (C=O) groups is 1. The van der Waals surface area contributed by atoms with Crippen molar-refractivity contribution < 1.29 is 9.90 Å². The summed E-state index contributed by atoms with van der Waals surface area (Å²) in [6.07, 6.45) is 2.06. The second-order valence-electron chi connectivity index (χ2n) is 6.91. The highest BCUT2D eigenvalue weighted by Gasteiger charge is 2.23. The number of hydrogen-bond donors (Lipinski definition) is 3. The molecule has 1 rings (SSSR count). The molecule has 0 aliphatic carbocycles. The molecule has 1 unspecified atom stereocenters. The van der Waals surface area contributed by atoms with Crippen LogP contribution in [0.5, 0.6) is 0 Å². The van der Waals surface area contributed by atoms with Crippen LogP contribution >= 0.6 is 11.3 Å². The van der Waals surface area contributed by atoms with Crippen molar-refractivity contribution >= 4 is 17.4 Å². The van der Waals surface area contributed by atoms with Gasteiger partial charge in [0.1, 0.15) is 0 Å². The van der Waals surface area contributed by atoms with Gasteiger partial charge in [-0.3, -0.25) is 0 Å². The van der Waals surface area contributed by atoms with Crippen LogP contribution in [0.15, 0.2) is 5.38 Å². The standard InChI is InChI=1S/C16H29N3O2S/c1-6-16(5,8-10-20)19-14(21)17-9-7-12-11-22-13(18-12)15(2,3)4/h11,20H,6-10H2,1-5H3,(H2,17,19,21). The molecule has 0 saturated heterocycles. The van der Waals surface area contributed by atoms with E-state index in [-0.39, 0.29) is 23.6 Å². The maximum atomic E-state index is 11.9. The predicted molar refractivity (Wildman–Crippen MR) is 91.5 cm³/mol. The largest absolute Gasteiger partial charge is 0.396 e. The highest BCUT2D eigenvalue weighted by Crippen LogP contribution is 2.25. The molecular formula is C16H29N3O2S. The lowest BCUT2D eigenvalue weighted by Gasteiger charge is -2.28. The second kappa shape index (κ2) is 7.92. The lowest BCUT2D eigenvalue weighted by atomic mass is 9.95. The molecular weight excluding hydrogens is 298 g/mol. The van der Waals surface area contributed by atoms with Gasteiger partial charge in [-0.1, -0.05) is 27.7 Å². The fourth-order valence-electron chi connectivity index (χ4n) is 1.96. The molecule has 0 aliphatic heterocycles. The number of urea groups is 1. The molecule has 22 heavy (non-hydrogen) atoms. The second-order valence-corrected chi connectivity index (χ2v) is 7.77. The molecule has 3 N–H and O–H groups in total. The topological polar surface area (TPSA) is 74.2 Å². The van der Waals surface area contributed by atoms with Crippen molar-refractivity contribution in [2.24, 2.45) is 0 Å². The van der Waals surface area contributed by atoms with E-state index >= 15 is 0 Å². The van der Waals surface area contributed by atoms with E-state index in [1.807, 2.05) is 13.8 Å². The minimum atomic E-state index is -0.362. The molecule has 6 heteroatoms. The fraction of sp³-hybridized carbons (Fsp3) is 0.750. The molecule has 2 amide bonds. The number of aromatic nitrogens is 1. The van der Waals surface area contributed by atoms with Crippen LogP contribution in [0, 0.1) is 0 Å². The van der Waals surface area contributed by atoms with Crippen LogP contribution in [0.1, 0.15) is 58.2 Å². The normalized spacial score (nSPS) is 14.5. The van der Waals surface area contributed by atoms with Crippen LogP contribution in [0.25, 0.3) is 0 Å². The number of nitrogens with zero attached hydrogens (tertiary/aromatic N) is 1. The van der Waals surface area contributed by atoms with Crippen LogP contribution in [0.2, 0.25) is 0 Å². The molecule has 0 fully saturated rings. The molecule has 1 heterocycles. The monoisotopic (exact) mass is 327 g/mol. The fourth-order valence-corrected chi connectivity index (χ4v) is 2.90. The van der Waals surface area contributed by atoms with E-state index in [1.54, 1.807) is 11.3 Å². The van der Waals surface area contributed by atoms with Gasteiger partial charge in [-0.05, 0) is 19.8 Å². The summed E-state index contributed by atoms with van der Waals surface area (Å²) in [5.74, 6) is 0. The molecule has 0 spiro atoms. The molecule has 5 nitrogen and oxygen atoms in total. The number of carbonyl (C=O) groups excluding carboxylic acids is 1. The zero-order valence-corrected chi connectivity index (χ0v) is 15.1. The van der Waals surface area contributed by atoms with E-state index in [4.69, 9.17) is 5.11 Å². The van der Waals surface area contributed by atoms with Crippen molar-refractivity contribution in [2.45, 2.75) is 64.8 Å². The van der Waals surface area contributed by atoms with Crippen LogP contribution in [-0.4, -0.2) is 34.8 Å². The lowest BCUT2D eigenvalue weighted by Crippen LogP contribution is -2.50. The first-order valence-corrected chi connectivity index (χ1v) is 8.70. The van der Waals surface area contributed by atoms with Crippen molar-refractivity contribution in [2.75, 3.05) is 13.2 Å². The molecule has 0 saturated carbocycles. The number of hydrogen-bond acceptors (Lipinski definition) is 4. The lowest BCUT2D eigenvalue weighted by molar-refractivity contribution is 0.201. The third-order valence-electron chi connectivity index (χ3n) is 3.72. The SMILES string of the molecule is CCC(C)(CCO)NC(=O)NCCc1csc(C(C)(C)C)n1. The third-order valence-corrected chi connectivity index (χ3v) is 5.04. The summed E-state index contributed by atoms with van der Waals surface area (Å²) in [6.45, 7) is 11.0. The summed E-state index contributed by atoms with van der Waals surface area (Å²) in [7, 11) is 0. The van der Waals surface area contributed by atoms with E-state index in [1.165, 1.54) is 0 Å². The van der Waals surface area contributed by atoms with Gasteiger partial charge in [-0.2, -0.15) is 0 Å². The first-order chi connectivity index (χ1) is 10.2. The summed E-state index contributed by atoms with van der Waals surface area (Å²) in [4.78, 5) is 16.5. The Morgan fingerprint density at radius 2 is 2.05 bits per heavy atom. The number of aliphatic hydroxyl groups excluding tert-OH is 1. The smallest absolute Gasteiger partial charge is 0.315 e. The van der Waals surface area contributed by atoms with E-state index in [2.05, 4.69) is 41.8 Å². The Balaban J connectivity index is 2.41. The van der Waals surface area contributed by atoms with Crippen molar-refractivity contribution in [3.63, 3.8) is 0 Å². The highest BCUT2D eigenvalue weighted by atomic mass is 32.1. The van der Waals surface area contributed by atoms with Gasteiger partial charge in [0, 0.05) is 35.9 Å². The van der Waals surface area contributed by atoms with Crippen LogP contribution in [-0.2, 0) is 11.8 Å². The van der Waals surface area contributed by atoms with Gasteiger partial charge in [0.15, 0.2) is 0 Å². The summed E-state index contributed by atoms with van der Waals surface area (Å²) < 4.78 is 0. The number of nitrogens with one attached hydrogen (secondary N) is 2. The Morgan fingerprint density at radius 3 is 2.55 bits per heavy atom. The molecule has 1 atom stereocenters. The van der Waals surface area contributed by atoms with E-state index in [9.17, 15) is 4.79 Å². The molecule has 126 valence electrons. The number of rotatable bonds is 7. The Morgan fingerprint density at radius 1 is 1.36 bits per heavy atom. The number of thiazole rings is 1. The zero-order chi connectivity index (χ0) is 16.8. The van der Waals surface area contributed by atoms with Gasteiger partial charge in [-0.15, -0.1) is 11.3 Å². The third kappa shape index (κ3) is 5.93. The molecule has 1 aromatic heterocycles. The van der Waals surface area contributed by atoms with Crippen molar-refractivity contribution in [3.8, 4) is 0 Å². The summed E-state index contributed by atoms with van der Waals surface area (Å²) in [5, 5.41) is 18.0. The van der Waals surface area contributed by atoms with Gasteiger partial charge in [0.25, 0.3) is 0 Å². The molecule has 0 bridgehead atoms. The molecule has 0 aromatic carbocycles. The first-order valence-electron chi connectivity index (χ1n) is 7.82. The van der Waals surface area contributed by atoms with Crippen LogP contribution in [0.3, 0.4) is 0 Å². The maximum Gasteiger partial charge on any atom is 0.315 e. The Bertz CT molecular complexity index is 482. The van der Waals surface area contributed by atoms with Gasteiger partial charge in [0.05, 0.1) is 10.7 Å². The maximum absolute atomic E-state index is 11.9. The van der Waals surface area contributed by atoms with Gasteiger partial charge < -0.3 is 15.7 Å². The average Bonchev–Trinajstić information content (AvgIpc) is 2.87. The van der Waals surface area contributed by atoms with E-state index < -0.39 is 0 Å². The molecule has 1 aromatic rings. The van der Waals surface area contributed by atoms with Crippen molar-refractivity contribution in [1.29, 1.82) is 0 Å². The van der Waals surface area contributed by atoms with E-state index in [0.29, 0.717) is 13.0 Å². The predicted octanol–water partition coefficient (Wildman–Crippen LogP) is 2.83. The summed E-state index contributed by atoms with van der Waals surface area (Å²) in [6, 6.07) is -0.191. The number of amides is 2. The number of aliphatic hydroxyl groups is 1. The van der Waals surface area contributed by atoms with Gasteiger partial charge in [-0.25, -0.2) is 9.78 Å². The first kappa shape index (κ1) is 18.9. The minimum absolute atomic E-state index is 0.0685. The van der Waals surface area contributed by atoms with Crippen molar-refractivity contribution in [1.82, 2.24) is 15.6 Å². The highest BCUT2D eigenvalue weighted by molar-refractivity contribution is 7.09. The Labute approximate surface area is 137 Å².